The summed E-state index contributed by atoms with van der Waals surface area (Å²) >= 11 is 5.54. The molecule has 1 aliphatic rings. The number of nitrogens with two attached hydrogens (primary N) is 1. The summed E-state index contributed by atoms with van der Waals surface area (Å²) in [4.78, 5) is 2.17. The van der Waals surface area contributed by atoms with Crippen molar-refractivity contribution in [3.05, 3.63) is 53.6 Å². The third-order valence-electron chi connectivity index (χ3n) is 4.03. The van der Waals surface area contributed by atoms with Gasteiger partial charge in [-0.2, -0.15) is 0 Å². The lowest BCUT2D eigenvalue weighted by molar-refractivity contribution is 0.598. The number of nitrogens with zero attached hydrogens (tertiary/aromatic N) is 1. The maximum Gasteiger partial charge on any atom is 0.238 e. The fourth-order valence-electron chi connectivity index (χ4n) is 2.86. The molecule has 2 aromatic rings. The average molecular weight is 361 g/mol. The summed E-state index contributed by atoms with van der Waals surface area (Å²) in [5.41, 5.74) is 4.40. The Morgan fingerprint density at radius 2 is 1.92 bits per heavy atom. The van der Waals surface area contributed by atoms with E-state index in [0.717, 1.165) is 30.8 Å². The van der Waals surface area contributed by atoms with Crippen molar-refractivity contribution < 1.29 is 8.42 Å². The number of rotatable bonds is 2. The Morgan fingerprint density at radius 3 is 2.58 bits per heavy atom. The maximum absolute atomic E-state index is 11.3. The Balaban J connectivity index is 1.79. The topological polar surface area (TPSA) is 75.4 Å². The van der Waals surface area contributed by atoms with E-state index in [9.17, 15) is 8.42 Å². The van der Waals surface area contributed by atoms with Crippen LogP contribution in [0.4, 0.5) is 11.4 Å². The molecule has 24 heavy (non-hydrogen) atoms. The van der Waals surface area contributed by atoms with Crippen LogP contribution in [0.3, 0.4) is 0 Å². The zero-order chi connectivity index (χ0) is 17.3. The molecule has 1 aliphatic heterocycles. The number of sulfonamides is 1. The molecule has 0 bridgehead atoms. The highest BCUT2D eigenvalue weighted by Gasteiger charge is 2.20. The highest BCUT2D eigenvalue weighted by molar-refractivity contribution is 7.89. The predicted molar refractivity (Wildman–Crippen MR) is 101 cm³/mol. The molecule has 5 nitrogen and oxygen atoms in total. The zero-order valence-corrected chi connectivity index (χ0v) is 15.0. The standard InChI is InChI=1S/C17H19N3O2S2/c1-12-4-9-16-13(11-12)3-2-10-20(16)17(23)19-14-5-7-15(8-6-14)24(18,21)22/h4-9,11H,2-3,10H2,1H3,(H,19,23)(H2,18,21,22). The summed E-state index contributed by atoms with van der Waals surface area (Å²) in [6, 6.07) is 12.6. The van der Waals surface area contributed by atoms with Crippen LogP contribution in [0.1, 0.15) is 17.5 Å². The molecule has 2 aromatic carbocycles. The van der Waals surface area contributed by atoms with Crippen LogP contribution < -0.4 is 15.4 Å². The van der Waals surface area contributed by atoms with Crippen molar-refractivity contribution in [2.75, 3.05) is 16.8 Å². The average Bonchev–Trinajstić information content (AvgIpc) is 2.53. The Labute approximate surface area is 147 Å². The summed E-state index contributed by atoms with van der Waals surface area (Å²) in [6.45, 7) is 2.94. The molecular formula is C17H19N3O2S2. The Hall–Kier alpha value is -1.96. The van der Waals surface area contributed by atoms with Crippen LogP contribution in [0.15, 0.2) is 47.4 Å². The predicted octanol–water partition coefficient (Wildman–Crippen LogP) is 2.79. The van der Waals surface area contributed by atoms with Gasteiger partial charge in [-0.05, 0) is 67.9 Å². The fourth-order valence-corrected chi connectivity index (χ4v) is 3.68. The third-order valence-corrected chi connectivity index (χ3v) is 5.28. The van der Waals surface area contributed by atoms with Gasteiger partial charge in [0, 0.05) is 17.9 Å². The second kappa shape index (κ2) is 6.51. The first-order valence-corrected chi connectivity index (χ1v) is 9.61. The van der Waals surface area contributed by atoms with Gasteiger partial charge in [-0.25, -0.2) is 13.6 Å². The highest BCUT2D eigenvalue weighted by atomic mass is 32.2. The van der Waals surface area contributed by atoms with Gasteiger partial charge in [-0.1, -0.05) is 17.7 Å². The van der Waals surface area contributed by atoms with E-state index < -0.39 is 10.0 Å². The summed E-state index contributed by atoms with van der Waals surface area (Å²) in [5, 5.41) is 8.88. The van der Waals surface area contributed by atoms with Crippen molar-refractivity contribution >= 4 is 38.7 Å². The summed E-state index contributed by atoms with van der Waals surface area (Å²) in [6.07, 6.45) is 2.10. The number of benzene rings is 2. The van der Waals surface area contributed by atoms with Crippen LogP contribution in [-0.2, 0) is 16.4 Å². The monoisotopic (exact) mass is 361 g/mol. The number of thiocarbonyl (C=S) groups is 1. The lowest BCUT2D eigenvalue weighted by atomic mass is 10.00. The second-order valence-corrected chi connectivity index (χ2v) is 7.84. The molecule has 0 saturated heterocycles. The molecule has 1 heterocycles. The highest BCUT2D eigenvalue weighted by Crippen LogP contribution is 2.28. The minimum absolute atomic E-state index is 0.0813. The largest absolute Gasteiger partial charge is 0.332 e. The van der Waals surface area contributed by atoms with E-state index in [1.54, 1.807) is 12.1 Å². The van der Waals surface area contributed by atoms with Crippen LogP contribution in [0, 0.1) is 6.92 Å². The minimum Gasteiger partial charge on any atom is -0.332 e. The van der Waals surface area contributed by atoms with E-state index >= 15 is 0 Å². The molecule has 0 amide bonds. The molecule has 126 valence electrons. The van der Waals surface area contributed by atoms with Crippen LogP contribution in [0.25, 0.3) is 0 Å². The van der Waals surface area contributed by atoms with Gasteiger partial charge in [0.15, 0.2) is 5.11 Å². The number of hydrogen-bond acceptors (Lipinski definition) is 3. The summed E-state index contributed by atoms with van der Waals surface area (Å²) < 4.78 is 22.6. The van der Waals surface area contributed by atoms with Crippen LogP contribution >= 0.6 is 12.2 Å². The minimum atomic E-state index is -3.68. The van der Waals surface area contributed by atoms with Crippen molar-refractivity contribution in [1.82, 2.24) is 0 Å². The number of hydrogen-bond donors (Lipinski definition) is 2. The first-order chi connectivity index (χ1) is 11.3. The lowest BCUT2D eigenvalue weighted by Crippen LogP contribution is -2.38. The molecule has 0 unspecified atom stereocenters. The quantitative estimate of drug-likeness (QED) is 0.805. The summed E-state index contributed by atoms with van der Waals surface area (Å²) in [5.74, 6) is 0. The van der Waals surface area contributed by atoms with Crippen molar-refractivity contribution in [1.29, 1.82) is 0 Å². The number of primary sulfonamides is 1. The van der Waals surface area contributed by atoms with Gasteiger partial charge >= 0.3 is 0 Å². The van der Waals surface area contributed by atoms with Gasteiger partial charge in [-0.15, -0.1) is 0 Å². The molecule has 0 fully saturated rings. The smallest absolute Gasteiger partial charge is 0.238 e. The van der Waals surface area contributed by atoms with Crippen molar-refractivity contribution in [3.63, 3.8) is 0 Å². The molecule has 3 rings (SSSR count). The Bertz CT molecular complexity index is 877. The van der Waals surface area contributed by atoms with Crippen LogP contribution in [0.5, 0.6) is 0 Å². The molecule has 0 aliphatic carbocycles. The van der Waals surface area contributed by atoms with E-state index in [4.69, 9.17) is 17.4 Å². The molecule has 7 heteroatoms. The molecule has 3 N–H and O–H groups in total. The van der Waals surface area contributed by atoms with Crippen molar-refractivity contribution in [2.24, 2.45) is 5.14 Å². The van der Waals surface area contributed by atoms with E-state index in [1.165, 1.54) is 23.3 Å². The number of anilines is 2. The third kappa shape index (κ3) is 3.58. The zero-order valence-electron chi connectivity index (χ0n) is 13.3. The van der Waals surface area contributed by atoms with Gasteiger partial charge in [0.25, 0.3) is 0 Å². The van der Waals surface area contributed by atoms with Crippen LogP contribution in [0.2, 0.25) is 0 Å². The van der Waals surface area contributed by atoms with Crippen molar-refractivity contribution in [2.45, 2.75) is 24.7 Å². The van der Waals surface area contributed by atoms with Crippen LogP contribution in [-0.4, -0.2) is 20.1 Å². The SMILES string of the molecule is Cc1ccc2c(c1)CCCN2C(=S)Nc1ccc(S(N)(=O)=O)cc1. The number of fused-ring (bicyclic) bond motifs is 1. The van der Waals surface area contributed by atoms with E-state index in [2.05, 4.69) is 35.3 Å². The summed E-state index contributed by atoms with van der Waals surface area (Å²) in [7, 11) is -3.68. The van der Waals surface area contributed by atoms with E-state index in [0.29, 0.717) is 5.11 Å². The van der Waals surface area contributed by atoms with Gasteiger partial charge < -0.3 is 10.2 Å². The Kier molecular flexibility index (Phi) is 4.58. The normalized spacial score (nSPS) is 14.2. The first-order valence-electron chi connectivity index (χ1n) is 7.65. The van der Waals surface area contributed by atoms with E-state index in [-0.39, 0.29) is 4.90 Å². The van der Waals surface area contributed by atoms with Gasteiger partial charge in [0.05, 0.1) is 4.90 Å². The fraction of sp³-hybridized carbons (Fsp3) is 0.235. The molecule has 0 atom stereocenters. The number of nitrogens with one attached hydrogen (secondary N) is 1. The lowest BCUT2D eigenvalue weighted by Gasteiger charge is -2.32. The van der Waals surface area contributed by atoms with Gasteiger partial charge in [0.1, 0.15) is 0 Å². The van der Waals surface area contributed by atoms with Gasteiger partial charge in [-0.3, -0.25) is 0 Å². The molecule has 0 radical (unpaired) electrons. The maximum atomic E-state index is 11.3. The second-order valence-electron chi connectivity index (χ2n) is 5.89. The molecule has 0 spiro atoms. The van der Waals surface area contributed by atoms with E-state index in [1.807, 2.05) is 0 Å². The Morgan fingerprint density at radius 1 is 1.21 bits per heavy atom. The van der Waals surface area contributed by atoms with Crippen molar-refractivity contribution in [3.8, 4) is 0 Å². The molecular weight excluding hydrogens is 342 g/mol. The molecule has 0 saturated carbocycles. The molecule has 0 aromatic heterocycles. The number of aryl methyl sites for hydroxylation is 2. The first kappa shape index (κ1) is 16.9. The van der Waals surface area contributed by atoms with Gasteiger partial charge in [0.2, 0.25) is 10.0 Å².